The van der Waals surface area contributed by atoms with Gasteiger partial charge in [0.25, 0.3) is 0 Å². The fourth-order valence-electron chi connectivity index (χ4n) is 2.53. The van der Waals surface area contributed by atoms with Crippen molar-refractivity contribution in [2.24, 2.45) is 0 Å². The molecular weight excluding hydrogens is 319 g/mol. The number of benzene rings is 1. The fraction of sp³-hybridized carbons (Fsp3) is 0.438. The number of nitrogens with zero attached hydrogens (tertiary/aromatic N) is 1. The molecule has 0 spiro atoms. The van der Waals surface area contributed by atoms with Gasteiger partial charge in [0, 0.05) is 25.2 Å². The molecule has 1 amide bonds. The topological polar surface area (TPSA) is 66.5 Å². The lowest BCUT2D eigenvalue weighted by atomic mass is 10.1. The van der Waals surface area contributed by atoms with Crippen molar-refractivity contribution >= 4 is 15.9 Å². The molecule has 1 saturated heterocycles. The molecule has 0 bridgehead atoms. The number of likely N-dealkylation sites (tertiary alicyclic amines) is 1. The zero-order valence-corrected chi connectivity index (χ0v) is 14.1. The average Bonchev–Trinajstić information content (AvgIpc) is 2.46. The normalized spacial score (nSPS) is 18.6. The van der Waals surface area contributed by atoms with Gasteiger partial charge in [0.05, 0.1) is 4.90 Å². The number of hydrogen-bond donors (Lipinski definition) is 1. The van der Waals surface area contributed by atoms with Gasteiger partial charge in [-0.2, -0.15) is 0 Å². The molecular formula is C16H21FN2O3S. The molecule has 1 aromatic rings. The van der Waals surface area contributed by atoms with Crippen LogP contribution in [0.15, 0.2) is 40.8 Å². The lowest BCUT2D eigenvalue weighted by Crippen LogP contribution is -2.49. The van der Waals surface area contributed by atoms with E-state index in [1.165, 1.54) is 18.2 Å². The second kappa shape index (κ2) is 7.23. The Morgan fingerprint density at radius 2 is 2.13 bits per heavy atom. The van der Waals surface area contributed by atoms with Crippen molar-refractivity contribution in [1.82, 2.24) is 9.62 Å². The number of piperidine rings is 1. The van der Waals surface area contributed by atoms with Gasteiger partial charge in [-0.05, 0) is 44.9 Å². The van der Waals surface area contributed by atoms with Crippen molar-refractivity contribution in [2.45, 2.75) is 37.6 Å². The quantitative estimate of drug-likeness (QED) is 0.853. The maximum atomic E-state index is 13.2. The standard InChI is InChI=1S/C16H21FN2O3S/c1-12(2)9-16(20)19-8-4-6-14(11-19)18-23(21,22)15-7-3-5-13(17)10-15/h3,5,7,9-10,14,18H,4,6,8,11H2,1-2H3. The van der Waals surface area contributed by atoms with Crippen LogP contribution >= 0.6 is 0 Å². The van der Waals surface area contributed by atoms with Crippen molar-refractivity contribution in [3.05, 3.63) is 41.7 Å². The third-order valence-electron chi connectivity index (χ3n) is 3.57. The first-order chi connectivity index (χ1) is 10.8. The summed E-state index contributed by atoms with van der Waals surface area (Å²) < 4.78 is 40.4. The lowest BCUT2D eigenvalue weighted by molar-refractivity contribution is -0.127. The van der Waals surface area contributed by atoms with Crippen LogP contribution in [-0.4, -0.2) is 38.4 Å². The average molecular weight is 340 g/mol. The van der Waals surface area contributed by atoms with Crippen LogP contribution in [0.5, 0.6) is 0 Å². The van der Waals surface area contributed by atoms with Crippen molar-refractivity contribution in [1.29, 1.82) is 0 Å². The van der Waals surface area contributed by atoms with E-state index in [1.54, 1.807) is 11.0 Å². The van der Waals surface area contributed by atoms with E-state index in [2.05, 4.69) is 4.72 Å². The highest BCUT2D eigenvalue weighted by Gasteiger charge is 2.27. The molecule has 1 unspecified atom stereocenters. The minimum atomic E-state index is -3.80. The Kier molecular flexibility index (Phi) is 5.54. The summed E-state index contributed by atoms with van der Waals surface area (Å²) in [5.74, 6) is -0.712. The van der Waals surface area contributed by atoms with Crippen LogP contribution in [0.1, 0.15) is 26.7 Å². The van der Waals surface area contributed by atoms with Crippen molar-refractivity contribution in [2.75, 3.05) is 13.1 Å². The number of carbonyl (C=O) groups excluding carboxylic acids is 1. The summed E-state index contributed by atoms with van der Waals surface area (Å²) in [6, 6.07) is 4.51. The number of sulfonamides is 1. The van der Waals surface area contributed by atoms with E-state index in [-0.39, 0.29) is 16.8 Å². The van der Waals surface area contributed by atoms with Gasteiger partial charge in [-0.3, -0.25) is 4.79 Å². The molecule has 1 heterocycles. The molecule has 0 aromatic heterocycles. The van der Waals surface area contributed by atoms with E-state index in [0.29, 0.717) is 19.5 Å². The van der Waals surface area contributed by atoms with Gasteiger partial charge in [0.1, 0.15) is 5.82 Å². The molecule has 0 aliphatic carbocycles. The van der Waals surface area contributed by atoms with Gasteiger partial charge < -0.3 is 4.90 Å². The molecule has 1 aliphatic rings. The summed E-state index contributed by atoms with van der Waals surface area (Å²) in [5.41, 5.74) is 0.900. The molecule has 5 nitrogen and oxygen atoms in total. The highest BCUT2D eigenvalue weighted by molar-refractivity contribution is 7.89. The summed E-state index contributed by atoms with van der Waals surface area (Å²) in [6.45, 7) is 4.61. The number of rotatable bonds is 4. The number of carbonyl (C=O) groups is 1. The fourth-order valence-corrected chi connectivity index (χ4v) is 3.83. The Balaban J connectivity index is 2.08. The lowest BCUT2D eigenvalue weighted by Gasteiger charge is -2.32. The SMILES string of the molecule is CC(C)=CC(=O)N1CCCC(NS(=O)(=O)c2cccc(F)c2)C1. The van der Waals surface area contributed by atoms with Crippen LogP contribution in [0.25, 0.3) is 0 Å². The summed E-state index contributed by atoms with van der Waals surface area (Å²) >= 11 is 0. The summed E-state index contributed by atoms with van der Waals surface area (Å²) in [4.78, 5) is 13.6. The summed E-state index contributed by atoms with van der Waals surface area (Å²) in [5, 5.41) is 0. The van der Waals surface area contributed by atoms with Crippen LogP contribution in [0.2, 0.25) is 0 Å². The molecule has 1 aliphatic heterocycles. The molecule has 2 rings (SSSR count). The highest BCUT2D eigenvalue weighted by Crippen LogP contribution is 2.16. The van der Waals surface area contributed by atoms with E-state index in [4.69, 9.17) is 0 Å². The number of nitrogens with one attached hydrogen (secondary N) is 1. The molecule has 1 N–H and O–H groups in total. The van der Waals surface area contributed by atoms with Gasteiger partial charge in [0.2, 0.25) is 15.9 Å². The Bertz CT molecular complexity index is 712. The van der Waals surface area contributed by atoms with Gasteiger partial charge in [-0.25, -0.2) is 17.5 Å². The van der Waals surface area contributed by atoms with Crippen LogP contribution in [0, 0.1) is 5.82 Å². The van der Waals surface area contributed by atoms with E-state index >= 15 is 0 Å². The first kappa shape index (κ1) is 17.6. The number of allylic oxidation sites excluding steroid dienone is 1. The first-order valence-corrected chi connectivity index (χ1v) is 8.98. The largest absolute Gasteiger partial charge is 0.338 e. The van der Waals surface area contributed by atoms with E-state index in [0.717, 1.165) is 18.1 Å². The number of amides is 1. The minimum Gasteiger partial charge on any atom is -0.338 e. The van der Waals surface area contributed by atoms with Gasteiger partial charge in [0.15, 0.2) is 0 Å². The smallest absolute Gasteiger partial charge is 0.246 e. The van der Waals surface area contributed by atoms with E-state index < -0.39 is 15.8 Å². The molecule has 1 aromatic carbocycles. The monoisotopic (exact) mass is 340 g/mol. The third kappa shape index (κ3) is 4.87. The maximum Gasteiger partial charge on any atom is 0.246 e. The Hall–Kier alpha value is -1.73. The number of hydrogen-bond acceptors (Lipinski definition) is 3. The maximum absolute atomic E-state index is 13.2. The van der Waals surface area contributed by atoms with E-state index in [1.807, 2.05) is 13.8 Å². The van der Waals surface area contributed by atoms with Crippen LogP contribution < -0.4 is 4.72 Å². The predicted molar refractivity (Wildman–Crippen MR) is 85.8 cm³/mol. The van der Waals surface area contributed by atoms with Gasteiger partial charge in [-0.1, -0.05) is 11.6 Å². The molecule has 1 atom stereocenters. The second-order valence-corrected chi connectivity index (χ2v) is 7.64. The summed E-state index contributed by atoms with van der Waals surface area (Å²) in [6.07, 6.45) is 2.91. The van der Waals surface area contributed by atoms with Gasteiger partial charge >= 0.3 is 0 Å². The molecule has 23 heavy (non-hydrogen) atoms. The summed E-state index contributed by atoms with van der Waals surface area (Å²) in [7, 11) is -3.80. The predicted octanol–water partition coefficient (Wildman–Crippen LogP) is 2.06. The number of halogens is 1. The van der Waals surface area contributed by atoms with Gasteiger partial charge in [-0.15, -0.1) is 0 Å². The zero-order valence-electron chi connectivity index (χ0n) is 13.3. The van der Waals surface area contributed by atoms with Crippen molar-refractivity contribution < 1.29 is 17.6 Å². The Morgan fingerprint density at radius 3 is 2.78 bits per heavy atom. The first-order valence-electron chi connectivity index (χ1n) is 7.49. The Morgan fingerprint density at radius 1 is 1.39 bits per heavy atom. The molecule has 7 heteroatoms. The van der Waals surface area contributed by atoms with Crippen LogP contribution in [0.4, 0.5) is 4.39 Å². The highest BCUT2D eigenvalue weighted by atomic mass is 32.2. The third-order valence-corrected chi connectivity index (χ3v) is 5.09. The molecule has 1 fully saturated rings. The minimum absolute atomic E-state index is 0.106. The molecule has 0 radical (unpaired) electrons. The Labute approximate surface area is 136 Å². The van der Waals surface area contributed by atoms with E-state index in [9.17, 15) is 17.6 Å². The second-order valence-electron chi connectivity index (χ2n) is 5.92. The van der Waals surface area contributed by atoms with Crippen molar-refractivity contribution in [3.63, 3.8) is 0 Å². The molecule has 126 valence electrons. The molecule has 0 saturated carbocycles. The van der Waals surface area contributed by atoms with Crippen LogP contribution in [0.3, 0.4) is 0 Å². The van der Waals surface area contributed by atoms with Crippen LogP contribution in [-0.2, 0) is 14.8 Å². The zero-order chi connectivity index (χ0) is 17.0. The van der Waals surface area contributed by atoms with Crippen molar-refractivity contribution in [3.8, 4) is 0 Å².